The number of anilines is 2. The second-order valence-electron chi connectivity index (χ2n) is 10.1. The van der Waals surface area contributed by atoms with E-state index in [0.29, 0.717) is 23.5 Å². The second kappa shape index (κ2) is 15.1. The molecule has 0 radical (unpaired) electrons. The maximum absolute atomic E-state index is 12.6. The zero-order chi connectivity index (χ0) is 26.5. The van der Waals surface area contributed by atoms with Gasteiger partial charge in [-0.1, -0.05) is 63.6 Å². The van der Waals surface area contributed by atoms with Gasteiger partial charge in [0, 0.05) is 23.9 Å². The standard InChI is InChI=1S/C31H42N2O4/c1-2-3-4-5-6-7-23-8-13-26(14-9-23)31(35)37-28-17-10-24(11-18-28)12-19-30(34)36-21-20-25-15-16-27(32)22-29(25)33/h10-12,15-19,22-23,26H,2-9,13-14,20-21,32-33H2,1H3. The van der Waals surface area contributed by atoms with Gasteiger partial charge in [0.15, 0.2) is 0 Å². The SMILES string of the molecule is CCCCCCCC1CCC(C(=O)Oc2ccc(C=CC(=O)OCCc3ccc(N)cc3N)cc2)CC1. The highest BCUT2D eigenvalue weighted by Crippen LogP contribution is 2.33. The number of rotatable bonds is 13. The highest BCUT2D eigenvalue weighted by molar-refractivity contribution is 5.87. The summed E-state index contributed by atoms with van der Waals surface area (Å²) in [6.07, 6.45) is 15.6. The van der Waals surface area contributed by atoms with Crippen LogP contribution in [0.3, 0.4) is 0 Å². The number of carbonyl (C=O) groups excluding carboxylic acids is 2. The van der Waals surface area contributed by atoms with Crippen molar-refractivity contribution in [3.8, 4) is 5.75 Å². The number of nitrogen functional groups attached to an aromatic ring is 2. The lowest BCUT2D eigenvalue weighted by atomic mass is 9.80. The molecule has 0 saturated heterocycles. The summed E-state index contributed by atoms with van der Waals surface area (Å²) < 4.78 is 10.9. The highest BCUT2D eigenvalue weighted by atomic mass is 16.5. The molecule has 200 valence electrons. The molecule has 0 amide bonds. The Labute approximate surface area is 221 Å². The maximum Gasteiger partial charge on any atom is 0.330 e. The summed E-state index contributed by atoms with van der Waals surface area (Å²) >= 11 is 0. The predicted octanol–water partition coefficient (Wildman–Crippen LogP) is 6.72. The molecule has 1 aliphatic carbocycles. The molecule has 1 aliphatic rings. The molecule has 2 aromatic carbocycles. The average Bonchev–Trinajstić information content (AvgIpc) is 2.90. The van der Waals surface area contributed by atoms with Gasteiger partial charge in [0.05, 0.1) is 12.5 Å². The van der Waals surface area contributed by atoms with Crippen LogP contribution < -0.4 is 16.2 Å². The Hall–Kier alpha value is -3.28. The molecule has 6 nitrogen and oxygen atoms in total. The van der Waals surface area contributed by atoms with Crippen molar-refractivity contribution in [1.29, 1.82) is 0 Å². The van der Waals surface area contributed by atoms with E-state index in [9.17, 15) is 9.59 Å². The first-order valence-electron chi connectivity index (χ1n) is 13.7. The van der Waals surface area contributed by atoms with Crippen molar-refractivity contribution >= 4 is 29.4 Å². The van der Waals surface area contributed by atoms with Crippen LogP contribution >= 0.6 is 0 Å². The van der Waals surface area contributed by atoms with Crippen molar-refractivity contribution < 1.29 is 19.1 Å². The summed E-state index contributed by atoms with van der Waals surface area (Å²) in [6.45, 7) is 2.47. The minimum atomic E-state index is -0.430. The van der Waals surface area contributed by atoms with Crippen molar-refractivity contribution in [3.05, 3.63) is 59.7 Å². The largest absolute Gasteiger partial charge is 0.462 e. The summed E-state index contributed by atoms with van der Waals surface area (Å²) in [7, 11) is 0. The van der Waals surface area contributed by atoms with Crippen LogP contribution in [0.2, 0.25) is 0 Å². The molecule has 6 heteroatoms. The Morgan fingerprint density at radius 1 is 0.946 bits per heavy atom. The molecule has 0 bridgehead atoms. The molecule has 4 N–H and O–H groups in total. The van der Waals surface area contributed by atoms with Gasteiger partial charge in [-0.2, -0.15) is 0 Å². The normalized spacial score (nSPS) is 17.5. The number of carbonyl (C=O) groups is 2. The van der Waals surface area contributed by atoms with Crippen LogP contribution in [0.25, 0.3) is 6.08 Å². The lowest BCUT2D eigenvalue weighted by molar-refractivity contribution is -0.140. The molecule has 37 heavy (non-hydrogen) atoms. The second-order valence-corrected chi connectivity index (χ2v) is 10.1. The number of ether oxygens (including phenoxy) is 2. The number of nitrogens with two attached hydrogens (primary N) is 2. The van der Waals surface area contributed by atoms with Gasteiger partial charge in [-0.3, -0.25) is 4.79 Å². The van der Waals surface area contributed by atoms with Gasteiger partial charge in [0.2, 0.25) is 0 Å². The van der Waals surface area contributed by atoms with E-state index in [4.69, 9.17) is 20.9 Å². The van der Waals surface area contributed by atoms with E-state index < -0.39 is 5.97 Å². The van der Waals surface area contributed by atoms with Gasteiger partial charge >= 0.3 is 11.9 Å². The molecule has 2 aromatic rings. The Bertz CT molecular complexity index is 1020. The number of hydrogen-bond acceptors (Lipinski definition) is 6. The van der Waals surface area contributed by atoms with E-state index >= 15 is 0 Å². The summed E-state index contributed by atoms with van der Waals surface area (Å²) in [5, 5.41) is 0. The van der Waals surface area contributed by atoms with Gasteiger partial charge in [-0.05, 0) is 73.1 Å². The third-order valence-electron chi connectivity index (χ3n) is 7.19. The number of hydrogen-bond donors (Lipinski definition) is 2. The van der Waals surface area contributed by atoms with E-state index in [2.05, 4.69) is 6.92 Å². The fourth-order valence-electron chi connectivity index (χ4n) is 4.88. The third-order valence-corrected chi connectivity index (χ3v) is 7.19. The number of unbranched alkanes of at least 4 members (excludes halogenated alkanes) is 4. The molecule has 0 aromatic heterocycles. The minimum Gasteiger partial charge on any atom is -0.462 e. The smallest absolute Gasteiger partial charge is 0.330 e. The molecule has 0 aliphatic heterocycles. The molecule has 0 spiro atoms. The first kappa shape index (κ1) is 28.3. The Morgan fingerprint density at radius 2 is 1.68 bits per heavy atom. The van der Waals surface area contributed by atoms with Crippen molar-refractivity contribution in [2.24, 2.45) is 11.8 Å². The summed E-state index contributed by atoms with van der Waals surface area (Å²) in [4.78, 5) is 24.7. The maximum atomic E-state index is 12.6. The summed E-state index contributed by atoms with van der Waals surface area (Å²) in [6, 6.07) is 12.5. The zero-order valence-corrected chi connectivity index (χ0v) is 22.1. The van der Waals surface area contributed by atoms with E-state index in [-0.39, 0.29) is 18.5 Å². The van der Waals surface area contributed by atoms with Crippen LogP contribution in [0.1, 0.15) is 82.3 Å². The van der Waals surface area contributed by atoms with Crippen molar-refractivity contribution in [2.75, 3.05) is 18.1 Å². The van der Waals surface area contributed by atoms with Crippen molar-refractivity contribution in [2.45, 2.75) is 77.6 Å². The lowest BCUT2D eigenvalue weighted by Gasteiger charge is -2.27. The Kier molecular flexibility index (Phi) is 11.5. The molecule has 0 unspecified atom stereocenters. The van der Waals surface area contributed by atoms with Gasteiger partial charge in [-0.25, -0.2) is 4.79 Å². The van der Waals surface area contributed by atoms with Crippen LogP contribution in [0.4, 0.5) is 11.4 Å². The molecule has 1 saturated carbocycles. The average molecular weight is 507 g/mol. The van der Waals surface area contributed by atoms with E-state index in [1.807, 2.05) is 18.2 Å². The van der Waals surface area contributed by atoms with E-state index in [0.717, 1.165) is 42.7 Å². The van der Waals surface area contributed by atoms with Gasteiger partial charge in [0.25, 0.3) is 0 Å². The Balaban J connectivity index is 1.35. The minimum absolute atomic E-state index is 0.00530. The molecule has 0 atom stereocenters. The molecule has 3 rings (SSSR count). The fraction of sp³-hybridized carbons (Fsp3) is 0.484. The first-order chi connectivity index (χ1) is 17.9. The van der Waals surface area contributed by atoms with E-state index in [1.165, 1.54) is 44.6 Å². The van der Waals surface area contributed by atoms with Crippen LogP contribution in [0.5, 0.6) is 5.75 Å². The molecular weight excluding hydrogens is 464 g/mol. The van der Waals surface area contributed by atoms with Crippen LogP contribution in [0.15, 0.2) is 48.5 Å². The number of benzene rings is 2. The molecule has 1 fully saturated rings. The molecular formula is C31H42N2O4. The molecule has 0 heterocycles. The van der Waals surface area contributed by atoms with Crippen molar-refractivity contribution in [1.82, 2.24) is 0 Å². The summed E-state index contributed by atoms with van der Waals surface area (Å²) in [5.41, 5.74) is 14.5. The zero-order valence-electron chi connectivity index (χ0n) is 22.1. The van der Waals surface area contributed by atoms with Crippen LogP contribution in [-0.2, 0) is 20.7 Å². The van der Waals surface area contributed by atoms with Crippen molar-refractivity contribution in [3.63, 3.8) is 0 Å². The van der Waals surface area contributed by atoms with Gasteiger partial charge in [-0.15, -0.1) is 0 Å². The van der Waals surface area contributed by atoms with E-state index in [1.54, 1.807) is 30.3 Å². The predicted molar refractivity (Wildman–Crippen MR) is 150 cm³/mol. The topological polar surface area (TPSA) is 105 Å². The van der Waals surface area contributed by atoms with Gasteiger partial charge in [0.1, 0.15) is 5.75 Å². The van der Waals surface area contributed by atoms with Crippen LogP contribution in [-0.4, -0.2) is 18.5 Å². The third kappa shape index (κ3) is 9.95. The quantitative estimate of drug-likeness (QED) is 0.103. The van der Waals surface area contributed by atoms with Crippen LogP contribution in [0, 0.1) is 11.8 Å². The summed E-state index contributed by atoms with van der Waals surface area (Å²) in [5.74, 6) is 0.730. The van der Waals surface area contributed by atoms with Gasteiger partial charge < -0.3 is 20.9 Å². The highest BCUT2D eigenvalue weighted by Gasteiger charge is 2.27. The fourth-order valence-corrected chi connectivity index (χ4v) is 4.88. The first-order valence-corrected chi connectivity index (χ1v) is 13.7. The lowest BCUT2D eigenvalue weighted by Crippen LogP contribution is -2.25. The monoisotopic (exact) mass is 506 g/mol. The Morgan fingerprint density at radius 3 is 2.38 bits per heavy atom. The number of esters is 2.